The number of benzene rings is 1. The Bertz CT molecular complexity index is 315. The minimum absolute atomic E-state index is 0.293. The summed E-state index contributed by atoms with van der Waals surface area (Å²) in [7, 11) is 0. The molecule has 1 saturated carbocycles. The molecule has 74 valence electrons. The highest BCUT2D eigenvalue weighted by Crippen LogP contribution is 2.45. The van der Waals surface area contributed by atoms with Crippen LogP contribution in [0.1, 0.15) is 38.2 Å². The molecule has 0 radical (unpaired) electrons. The second kappa shape index (κ2) is 3.61. The Morgan fingerprint density at radius 2 is 1.71 bits per heavy atom. The number of rotatable bonds is 2. The van der Waals surface area contributed by atoms with Crippen LogP contribution in [0, 0.1) is 0 Å². The molecule has 0 atom stereocenters. The van der Waals surface area contributed by atoms with Crippen LogP contribution in [-0.4, -0.2) is 0 Å². The van der Waals surface area contributed by atoms with Gasteiger partial charge in [-0.1, -0.05) is 55.3 Å². The van der Waals surface area contributed by atoms with Gasteiger partial charge in [-0.25, -0.2) is 0 Å². The topological polar surface area (TPSA) is 0 Å². The summed E-state index contributed by atoms with van der Waals surface area (Å²) in [4.78, 5) is 0. The zero-order chi connectivity index (χ0) is 10.0. The lowest BCUT2D eigenvalue weighted by Gasteiger charge is -2.30. The van der Waals surface area contributed by atoms with E-state index in [1.54, 1.807) is 0 Å². The average Bonchev–Trinajstić information content (AvgIpc) is 2.69. The Balaban J connectivity index is 2.42. The summed E-state index contributed by atoms with van der Waals surface area (Å²) in [6.45, 7) is 6.36. The van der Waals surface area contributed by atoms with Crippen molar-refractivity contribution in [2.45, 2.75) is 38.0 Å². The van der Waals surface area contributed by atoms with Gasteiger partial charge >= 0.3 is 0 Å². The molecule has 0 N–H and O–H groups in total. The number of allylic oxidation sites excluding steroid dienone is 1. The van der Waals surface area contributed by atoms with Crippen LogP contribution >= 0.6 is 0 Å². The molecule has 1 aliphatic carbocycles. The Morgan fingerprint density at radius 3 is 2.21 bits per heavy atom. The fraction of sp³-hybridized carbons (Fsp3) is 0.429. The lowest BCUT2D eigenvalue weighted by atomic mass is 9.74. The van der Waals surface area contributed by atoms with Crippen molar-refractivity contribution in [2.75, 3.05) is 0 Å². The zero-order valence-corrected chi connectivity index (χ0v) is 8.92. The molecule has 0 amide bonds. The molecule has 1 aromatic rings. The van der Waals surface area contributed by atoms with Crippen molar-refractivity contribution < 1.29 is 0 Å². The lowest BCUT2D eigenvalue weighted by molar-refractivity contribution is 0.524. The molecule has 0 spiro atoms. The Morgan fingerprint density at radius 1 is 1.14 bits per heavy atom. The van der Waals surface area contributed by atoms with Gasteiger partial charge in [0.2, 0.25) is 0 Å². The van der Waals surface area contributed by atoms with Crippen LogP contribution < -0.4 is 0 Å². The third-order valence-corrected chi connectivity index (χ3v) is 3.60. The average molecular weight is 186 g/mol. The lowest BCUT2D eigenvalue weighted by Crippen LogP contribution is -2.22. The number of hydrogen-bond donors (Lipinski definition) is 0. The van der Waals surface area contributed by atoms with Gasteiger partial charge in [0.1, 0.15) is 0 Å². The van der Waals surface area contributed by atoms with Crippen molar-refractivity contribution in [3.63, 3.8) is 0 Å². The summed E-state index contributed by atoms with van der Waals surface area (Å²) in [5.74, 6) is 0. The van der Waals surface area contributed by atoms with E-state index in [0.717, 1.165) is 0 Å². The zero-order valence-electron chi connectivity index (χ0n) is 8.92. The first-order valence-corrected chi connectivity index (χ1v) is 5.47. The number of hydrogen-bond acceptors (Lipinski definition) is 0. The molecular weight excluding hydrogens is 168 g/mol. The monoisotopic (exact) mass is 186 g/mol. The first-order valence-electron chi connectivity index (χ1n) is 5.47. The Labute approximate surface area is 86.7 Å². The molecule has 0 nitrogen and oxygen atoms in total. The summed E-state index contributed by atoms with van der Waals surface area (Å²) < 4.78 is 0. The van der Waals surface area contributed by atoms with Gasteiger partial charge in [-0.05, 0) is 25.3 Å². The second-order valence-electron chi connectivity index (χ2n) is 4.44. The molecule has 14 heavy (non-hydrogen) atoms. The van der Waals surface area contributed by atoms with Gasteiger partial charge in [-0.2, -0.15) is 0 Å². The van der Waals surface area contributed by atoms with Crippen molar-refractivity contribution in [1.82, 2.24) is 0 Å². The maximum Gasteiger partial charge on any atom is 0.0156 e. The molecule has 0 aromatic heterocycles. The van der Waals surface area contributed by atoms with Gasteiger partial charge in [-0.3, -0.25) is 0 Å². The molecule has 0 bridgehead atoms. The first kappa shape index (κ1) is 9.51. The Hall–Kier alpha value is -1.04. The van der Waals surface area contributed by atoms with Crippen LogP contribution in [0.15, 0.2) is 42.5 Å². The molecule has 1 aromatic carbocycles. The molecule has 0 heterocycles. The Kier molecular flexibility index (Phi) is 2.45. The minimum atomic E-state index is 0.293. The minimum Gasteiger partial charge on any atom is -0.0992 e. The van der Waals surface area contributed by atoms with Gasteiger partial charge in [0.15, 0.2) is 0 Å². The van der Waals surface area contributed by atoms with Crippen LogP contribution in [0.3, 0.4) is 0 Å². The van der Waals surface area contributed by atoms with Gasteiger partial charge in [-0.15, -0.1) is 0 Å². The highest BCUT2D eigenvalue weighted by Gasteiger charge is 2.35. The maximum absolute atomic E-state index is 4.19. The highest BCUT2D eigenvalue weighted by molar-refractivity contribution is 5.35. The largest absolute Gasteiger partial charge is 0.0992 e. The van der Waals surface area contributed by atoms with Crippen molar-refractivity contribution in [3.05, 3.63) is 48.0 Å². The molecule has 2 rings (SSSR count). The van der Waals surface area contributed by atoms with E-state index >= 15 is 0 Å². The fourth-order valence-corrected chi connectivity index (χ4v) is 2.70. The molecular formula is C14H18. The summed E-state index contributed by atoms with van der Waals surface area (Å²) in [6.07, 6.45) is 5.27. The van der Waals surface area contributed by atoms with Gasteiger partial charge in [0.05, 0.1) is 0 Å². The molecule has 1 aliphatic rings. The van der Waals surface area contributed by atoms with Crippen molar-refractivity contribution in [1.29, 1.82) is 0 Å². The highest BCUT2D eigenvalue weighted by atomic mass is 14.4. The SMILES string of the molecule is C=C(C)C1(c2ccccc2)CCCC1. The molecule has 0 aliphatic heterocycles. The standard InChI is InChI=1S/C14H18/c1-12(2)14(10-6-7-11-14)13-8-4-3-5-9-13/h3-5,8-9H,1,6-7,10-11H2,2H3. The van der Waals surface area contributed by atoms with E-state index in [2.05, 4.69) is 43.8 Å². The van der Waals surface area contributed by atoms with E-state index in [0.29, 0.717) is 5.41 Å². The molecule has 0 saturated heterocycles. The fourth-order valence-electron chi connectivity index (χ4n) is 2.70. The summed E-state index contributed by atoms with van der Waals surface area (Å²) in [5, 5.41) is 0. The van der Waals surface area contributed by atoms with Crippen molar-refractivity contribution in [2.24, 2.45) is 0 Å². The normalized spacial score (nSPS) is 19.5. The third-order valence-electron chi connectivity index (χ3n) is 3.60. The maximum atomic E-state index is 4.19. The molecule has 0 unspecified atom stereocenters. The smallest absolute Gasteiger partial charge is 0.0156 e. The van der Waals surface area contributed by atoms with Crippen LogP contribution in [-0.2, 0) is 5.41 Å². The predicted octanol–water partition coefficient (Wildman–Crippen LogP) is 4.07. The van der Waals surface area contributed by atoms with Crippen molar-refractivity contribution >= 4 is 0 Å². The molecule has 1 fully saturated rings. The summed E-state index contributed by atoms with van der Waals surface area (Å²) in [6, 6.07) is 10.9. The summed E-state index contributed by atoms with van der Waals surface area (Å²) >= 11 is 0. The quantitative estimate of drug-likeness (QED) is 0.611. The van der Waals surface area contributed by atoms with Crippen LogP contribution in [0.25, 0.3) is 0 Å². The van der Waals surface area contributed by atoms with E-state index in [9.17, 15) is 0 Å². The van der Waals surface area contributed by atoms with E-state index < -0.39 is 0 Å². The summed E-state index contributed by atoms with van der Waals surface area (Å²) in [5.41, 5.74) is 3.09. The van der Waals surface area contributed by atoms with Gasteiger partial charge in [0, 0.05) is 5.41 Å². The van der Waals surface area contributed by atoms with Crippen LogP contribution in [0.5, 0.6) is 0 Å². The van der Waals surface area contributed by atoms with E-state index in [1.807, 2.05) is 0 Å². The van der Waals surface area contributed by atoms with Crippen LogP contribution in [0.2, 0.25) is 0 Å². The van der Waals surface area contributed by atoms with E-state index in [4.69, 9.17) is 0 Å². The van der Waals surface area contributed by atoms with E-state index in [1.165, 1.54) is 36.8 Å². The van der Waals surface area contributed by atoms with Crippen molar-refractivity contribution in [3.8, 4) is 0 Å². The van der Waals surface area contributed by atoms with Gasteiger partial charge < -0.3 is 0 Å². The van der Waals surface area contributed by atoms with E-state index in [-0.39, 0.29) is 0 Å². The van der Waals surface area contributed by atoms with Gasteiger partial charge in [0.25, 0.3) is 0 Å². The third kappa shape index (κ3) is 1.39. The second-order valence-corrected chi connectivity index (χ2v) is 4.44. The van der Waals surface area contributed by atoms with Crippen LogP contribution in [0.4, 0.5) is 0 Å². The predicted molar refractivity (Wildman–Crippen MR) is 61.4 cm³/mol. The first-order chi connectivity index (χ1) is 6.76. The molecule has 0 heteroatoms.